The molecule has 0 radical (unpaired) electrons. The number of nitrogens with zero attached hydrogens (tertiary/aromatic N) is 2. The molecule has 1 aliphatic heterocycles. The van der Waals surface area contributed by atoms with Gasteiger partial charge in [0, 0.05) is 26.2 Å². The van der Waals surface area contributed by atoms with Crippen LogP contribution < -0.4 is 5.73 Å². The Balaban J connectivity index is 0.00000324. The van der Waals surface area contributed by atoms with Crippen molar-refractivity contribution >= 4 is 28.3 Å². The first-order chi connectivity index (χ1) is 8.27. The molecule has 0 aliphatic carbocycles. The van der Waals surface area contributed by atoms with Crippen molar-refractivity contribution in [3.8, 4) is 0 Å². The predicted molar refractivity (Wildman–Crippen MR) is 77.7 cm³/mol. The average Bonchev–Trinajstić information content (AvgIpc) is 2.35. The Bertz CT molecular complexity index is 394. The van der Waals surface area contributed by atoms with Crippen LogP contribution in [0.4, 0.5) is 0 Å². The van der Waals surface area contributed by atoms with Crippen LogP contribution in [-0.4, -0.2) is 62.0 Å². The number of carbonyl (C=O) groups excluding carboxylic acids is 1. The van der Waals surface area contributed by atoms with Crippen LogP contribution in [0.2, 0.25) is 0 Å². The number of hydrogen-bond donors (Lipinski definition) is 1. The van der Waals surface area contributed by atoms with E-state index in [9.17, 15) is 13.2 Å². The smallest absolute Gasteiger partial charge is 0.239 e. The number of rotatable bonds is 4. The summed E-state index contributed by atoms with van der Waals surface area (Å²) in [6, 6.07) is -0.486. The molecule has 1 fully saturated rings. The summed E-state index contributed by atoms with van der Waals surface area (Å²) < 4.78 is 24.1. The van der Waals surface area contributed by atoms with Crippen LogP contribution in [0.25, 0.3) is 0 Å². The molecule has 2 N–H and O–H groups in total. The lowest BCUT2D eigenvalue weighted by Crippen LogP contribution is -2.55. The number of carbonyl (C=O) groups is 1. The Labute approximate surface area is 121 Å². The Morgan fingerprint density at radius 2 is 1.74 bits per heavy atom. The van der Waals surface area contributed by atoms with Gasteiger partial charge in [0.2, 0.25) is 15.9 Å². The third-order valence-electron chi connectivity index (χ3n) is 3.56. The normalized spacial score (nSPS) is 20.5. The van der Waals surface area contributed by atoms with Gasteiger partial charge in [0.05, 0.1) is 12.3 Å². The van der Waals surface area contributed by atoms with Crippen LogP contribution in [0, 0.1) is 5.92 Å². The first-order valence-electron chi connectivity index (χ1n) is 6.26. The van der Waals surface area contributed by atoms with Crippen LogP contribution in [0.15, 0.2) is 0 Å². The minimum Gasteiger partial charge on any atom is -0.339 e. The fourth-order valence-corrected chi connectivity index (χ4v) is 2.77. The summed E-state index contributed by atoms with van der Waals surface area (Å²) in [7, 11) is -3.15. The van der Waals surface area contributed by atoms with Crippen molar-refractivity contribution in [3.05, 3.63) is 0 Å². The molecule has 1 aliphatic rings. The van der Waals surface area contributed by atoms with Crippen molar-refractivity contribution in [2.24, 2.45) is 11.7 Å². The molecular formula is C11H24ClN3O3S. The number of sulfonamides is 1. The summed E-state index contributed by atoms with van der Waals surface area (Å²) in [6.45, 7) is 5.52. The maximum Gasteiger partial charge on any atom is 0.239 e. The largest absolute Gasteiger partial charge is 0.339 e. The highest BCUT2D eigenvalue weighted by molar-refractivity contribution is 7.88. The number of halogens is 1. The zero-order valence-electron chi connectivity index (χ0n) is 11.7. The third kappa shape index (κ3) is 4.91. The van der Waals surface area contributed by atoms with Gasteiger partial charge in [-0.25, -0.2) is 8.42 Å². The standard InChI is InChI=1S/C11H23N3O3S.ClH/c1-4-9(2)10(12)11(15)13-5-7-14(8-6-13)18(3,16)17;/h9-10H,4-8,12H2,1-3H3;1H. The van der Waals surface area contributed by atoms with Crippen LogP contribution in [0.3, 0.4) is 0 Å². The second-order valence-electron chi connectivity index (χ2n) is 4.90. The molecular weight excluding hydrogens is 290 g/mol. The molecule has 114 valence electrons. The molecule has 0 saturated carbocycles. The van der Waals surface area contributed by atoms with Gasteiger partial charge < -0.3 is 10.6 Å². The zero-order valence-corrected chi connectivity index (χ0v) is 13.3. The Kier molecular flexibility index (Phi) is 7.28. The van der Waals surface area contributed by atoms with Crippen LogP contribution in [-0.2, 0) is 14.8 Å². The molecule has 1 rings (SSSR count). The van der Waals surface area contributed by atoms with Gasteiger partial charge in [-0.2, -0.15) is 4.31 Å². The molecule has 19 heavy (non-hydrogen) atoms. The minimum absolute atomic E-state index is 0. The molecule has 2 atom stereocenters. The maximum atomic E-state index is 12.1. The van der Waals surface area contributed by atoms with E-state index in [1.54, 1.807) is 4.90 Å². The van der Waals surface area contributed by atoms with E-state index < -0.39 is 16.1 Å². The highest BCUT2D eigenvalue weighted by Crippen LogP contribution is 2.12. The molecule has 0 bridgehead atoms. The maximum absolute atomic E-state index is 12.1. The second kappa shape index (κ2) is 7.42. The van der Waals surface area contributed by atoms with Crippen molar-refractivity contribution in [2.45, 2.75) is 26.3 Å². The van der Waals surface area contributed by atoms with E-state index in [0.717, 1.165) is 6.42 Å². The topological polar surface area (TPSA) is 83.7 Å². The van der Waals surface area contributed by atoms with Crippen LogP contribution >= 0.6 is 12.4 Å². The average molecular weight is 314 g/mol. The second-order valence-corrected chi connectivity index (χ2v) is 6.88. The number of piperazine rings is 1. The van der Waals surface area contributed by atoms with E-state index in [-0.39, 0.29) is 24.2 Å². The Morgan fingerprint density at radius 3 is 2.11 bits per heavy atom. The van der Waals surface area contributed by atoms with Gasteiger partial charge in [0.1, 0.15) is 0 Å². The lowest BCUT2D eigenvalue weighted by molar-refractivity contribution is -0.134. The molecule has 1 heterocycles. The number of nitrogens with two attached hydrogens (primary N) is 1. The lowest BCUT2D eigenvalue weighted by atomic mass is 9.99. The molecule has 2 unspecified atom stereocenters. The summed E-state index contributed by atoms with van der Waals surface area (Å²) in [5, 5.41) is 0. The van der Waals surface area contributed by atoms with Crippen molar-refractivity contribution in [2.75, 3.05) is 32.4 Å². The van der Waals surface area contributed by atoms with Crippen molar-refractivity contribution in [1.82, 2.24) is 9.21 Å². The Morgan fingerprint density at radius 1 is 1.26 bits per heavy atom. The summed E-state index contributed by atoms with van der Waals surface area (Å²) in [4.78, 5) is 13.8. The molecule has 1 saturated heterocycles. The molecule has 0 aromatic heterocycles. The zero-order chi connectivity index (χ0) is 13.9. The predicted octanol–water partition coefficient (Wildman–Crippen LogP) is -0.115. The monoisotopic (exact) mass is 313 g/mol. The number of hydrogen-bond acceptors (Lipinski definition) is 4. The van der Waals surface area contributed by atoms with E-state index >= 15 is 0 Å². The summed E-state index contributed by atoms with van der Waals surface area (Å²) in [5.74, 6) is 0.0722. The summed E-state index contributed by atoms with van der Waals surface area (Å²) in [5.41, 5.74) is 5.90. The van der Waals surface area contributed by atoms with E-state index in [4.69, 9.17) is 5.73 Å². The summed E-state index contributed by atoms with van der Waals surface area (Å²) >= 11 is 0. The molecule has 1 amide bonds. The van der Waals surface area contributed by atoms with Crippen molar-refractivity contribution in [3.63, 3.8) is 0 Å². The lowest BCUT2D eigenvalue weighted by Gasteiger charge is -2.35. The van der Waals surface area contributed by atoms with Crippen molar-refractivity contribution < 1.29 is 13.2 Å². The van der Waals surface area contributed by atoms with Gasteiger partial charge in [-0.15, -0.1) is 12.4 Å². The summed E-state index contributed by atoms with van der Waals surface area (Å²) in [6.07, 6.45) is 2.05. The molecule has 0 aromatic rings. The Hall–Kier alpha value is -0.370. The first-order valence-corrected chi connectivity index (χ1v) is 8.11. The highest BCUT2D eigenvalue weighted by atomic mass is 35.5. The fourth-order valence-electron chi connectivity index (χ4n) is 1.95. The van der Waals surface area contributed by atoms with Crippen LogP contribution in [0.1, 0.15) is 20.3 Å². The minimum atomic E-state index is -3.15. The third-order valence-corrected chi connectivity index (χ3v) is 4.86. The van der Waals surface area contributed by atoms with E-state index in [2.05, 4.69) is 0 Å². The van der Waals surface area contributed by atoms with Crippen molar-refractivity contribution in [1.29, 1.82) is 0 Å². The molecule has 0 aromatic carbocycles. The van der Waals surface area contributed by atoms with Gasteiger partial charge in [0.25, 0.3) is 0 Å². The fraction of sp³-hybridized carbons (Fsp3) is 0.909. The van der Waals surface area contributed by atoms with E-state index in [1.165, 1.54) is 10.6 Å². The first kappa shape index (κ1) is 18.6. The molecule has 8 heteroatoms. The molecule has 0 spiro atoms. The van der Waals surface area contributed by atoms with Gasteiger partial charge in [-0.1, -0.05) is 20.3 Å². The van der Waals surface area contributed by atoms with Gasteiger partial charge in [0.15, 0.2) is 0 Å². The van der Waals surface area contributed by atoms with Crippen LogP contribution in [0.5, 0.6) is 0 Å². The van der Waals surface area contributed by atoms with Gasteiger partial charge in [-0.05, 0) is 5.92 Å². The molecule has 6 nitrogen and oxygen atoms in total. The SMILES string of the molecule is CCC(C)C(N)C(=O)N1CCN(S(C)(=O)=O)CC1.Cl. The quantitative estimate of drug-likeness (QED) is 0.784. The van der Waals surface area contributed by atoms with E-state index in [1.807, 2.05) is 13.8 Å². The highest BCUT2D eigenvalue weighted by Gasteiger charge is 2.30. The van der Waals surface area contributed by atoms with Gasteiger partial charge >= 0.3 is 0 Å². The number of amides is 1. The van der Waals surface area contributed by atoms with E-state index in [0.29, 0.717) is 26.2 Å². The van der Waals surface area contributed by atoms with Gasteiger partial charge in [-0.3, -0.25) is 4.79 Å².